The molecule has 32 heavy (non-hydrogen) atoms. The molecule has 0 aliphatic rings. The number of anilines is 1. The molecule has 1 N–H and O–H groups in total. The van der Waals surface area contributed by atoms with Gasteiger partial charge < -0.3 is 5.32 Å². The molecule has 0 unspecified atom stereocenters. The second kappa shape index (κ2) is 9.30. The van der Waals surface area contributed by atoms with E-state index in [1.807, 2.05) is 63.4 Å². The standard InChI is InChI=1S/C25H25N3O2S2/c1-5-28-24(30)23-22(19(13-31-23)18-11-9-15(2)10-12-18)27-25(28)32-14-21(29)26-20-8-6-7-16(3)17(20)4/h6-13H,5,14H2,1-4H3,(H,26,29). The maximum absolute atomic E-state index is 13.1. The summed E-state index contributed by atoms with van der Waals surface area (Å²) in [6, 6.07) is 14.1. The lowest BCUT2D eigenvalue weighted by molar-refractivity contribution is -0.113. The van der Waals surface area contributed by atoms with Crippen molar-refractivity contribution in [1.82, 2.24) is 9.55 Å². The van der Waals surface area contributed by atoms with Gasteiger partial charge in [0.05, 0.1) is 11.3 Å². The fraction of sp³-hybridized carbons (Fsp3) is 0.240. The minimum Gasteiger partial charge on any atom is -0.325 e. The zero-order valence-electron chi connectivity index (χ0n) is 18.6. The third-order valence-electron chi connectivity index (χ3n) is 5.53. The number of benzene rings is 2. The van der Waals surface area contributed by atoms with E-state index in [-0.39, 0.29) is 17.2 Å². The van der Waals surface area contributed by atoms with Crippen molar-refractivity contribution < 1.29 is 4.79 Å². The first-order chi connectivity index (χ1) is 15.4. The molecule has 2 heterocycles. The van der Waals surface area contributed by atoms with Crippen molar-refractivity contribution in [2.24, 2.45) is 0 Å². The van der Waals surface area contributed by atoms with E-state index in [1.165, 1.54) is 28.7 Å². The second-order valence-corrected chi connectivity index (χ2v) is 9.54. The first-order valence-electron chi connectivity index (χ1n) is 10.5. The fourth-order valence-electron chi connectivity index (χ4n) is 3.51. The van der Waals surface area contributed by atoms with Crippen molar-refractivity contribution in [3.63, 3.8) is 0 Å². The van der Waals surface area contributed by atoms with Gasteiger partial charge in [-0.05, 0) is 50.5 Å². The molecule has 0 radical (unpaired) electrons. The van der Waals surface area contributed by atoms with Crippen LogP contribution in [0.25, 0.3) is 21.3 Å². The number of aromatic nitrogens is 2. The largest absolute Gasteiger partial charge is 0.325 e. The Morgan fingerprint density at radius 3 is 2.59 bits per heavy atom. The van der Waals surface area contributed by atoms with E-state index in [9.17, 15) is 9.59 Å². The lowest BCUT2D eigenvalue weighted by atomic mass is 10.1. The number of fused-ring (bicyclic) bond motifs is 1. The van der Waals surface area contributed by atoms with E-state index >= 15 is 0 Å². The van der Waals surface area contributed by atoms with Gasteiger partial charge in [0.2, 0.25) is 5.91 Å². The van der Waals surface area contributed by atoms with Crippen molar-refractivity contribution in [3.05, 3.63) is 74.9 Å². The number of hydrogen-bond donors (Lipinski definition) is 1. The molecule has 164 valence electrons. The molecule has 2 aromatic heterocycles. The predicted octanol–water partition coefficient (Wildman–Crippen LogP) is 5.80. The number of thiophene rings is 1. The molecule has 0 saturated carbocycles. The third-order valence-corrected chi connectivity index (χ3v) is 7.47. The predicted molar refractivity (Wildman–Crippen MR) is 135 cm³/mol. The summed E-state index contributed by atoms with van der Waals surface area (Å²) in [6.45, 7) is 8.48. The van der Waals surface area contributed by atoms with Crippen LogP contribution in [0.2, 0.25) is 0 Å². The monoisotopic (exact) mass is 463 g/mol. The Labute approximate surface area is 195 Å². The van der Waals surface area contributed by atoms with Crippen LogP contribution in [-0.2, 0) is 11.3 Å². The van der Waals surface area contributed by atoms with Crippen molar-refractivity contribution in [2.45, 2.75) is 39.4 Å². The lowest BCUT2D eigenvalue weighted by Gasteiger charge is -2.12. The average Bonchev–Trinajstić information content (AvgIpc) is 3.20. The maximum Gasteiger partial charge on any atom is 0.272 e. The molecule has 0 fully saturated rings. The van der Waals surface area contributed by atoms with Crippen molar-refractivity contribution in [3.8, 4) is 11.1 Å². The highest BCUT2D eigenvalue weighted by Crippen LogP contribution is 2.32. The number of carbonyl (C=O) groups excluding carboxylic acids is 1. The molecule has 4 aromatic rings. The van der Waals surface area contributed by atoms with Gasteiger partial charge in [0.15, 0.2) is 5.16 Å². The summed E-state index contributed by atoms with van der Waals surface area (Å²) in [6.07, 6.45) is 0. The molecule has 0 aliphatic heterocycles. The minimum absolute atomic E-state index is 0.0571. The number of hydrogen-bond acceptors (Lipinski definition) is 5. The fourth-order valence-corrected chi connectivity index (χ4v) is 5.33. The van der Waals surface area contributed by atoms with Crippen LogP contribution in [0.1, 0.15) is 23.6 Å². The zero-order chi connectivity index (χ0) is 22.8. The zero-order valence-corrected chi connectivity index (χ0v) is 20.2. The molecule has 4 rings (SSSR count). The van der Waals surface area contributed by atoms with Crippen LogP contribution < -0.4 is 10.9 Å². The van der Waals surface area contributed by atoms with Crippen LogP contribution >= 0.6 is 23.1 Å². The van der Waals surface area contributed by atoms with E-state index < -0.39 is 0 Å². The molecule has 0 spiro atoms. The van der Waals surface area contributed by atoms with Gasteiger partial charge in [-0.3, -0.25) is 14.2 Å². The first-order valence-corrected chi connectivity index (χ1v) is 12.3. The van der Waals surface area contributed by atoms with E-state index in [2.05, 4.69) is 17.4 Å². The SMILES string of the molecule is CCn1c(SCC(=O)Nc2cccc(C)c2C)nc2c(-c3ccc(C)cc3)csc2c1=O. The summed E-state index contributed by atoms with van der Waals surface area (Å²) in [4.78, 5) is 30.6. The minimum atomic E-state index is -0.121. The molecular formula is C25H25N3O2S2. The summed E-state index contributed by atoms with van der Waals surface area (Å²) in [5.41, 5.74) is 6.80. The van der Waals surface area contributed by atoms with Gasteiger partial charge >= 0.3 is 0 Å². The van der Waals surface area contributed by atoms with E-state index in [4.69, 9.17) is 4.98 Å². The molecule has 2 aromatic carbocycles. The quantitative estimate of drug-likeness (QED) is 0.290. The number of rotatable bonds is 6. The number of nitrogens with zero attached hydrogens (tertiary/aromatic N) is 2. The van der Waals surface area contributed by atoms with Gasteiger partial charge in [-0.25, -0.2) is 4.98 Å². The Bertz CT molecular complexity index is 1350. The Balaban J connectivity index is 1.63. The molecule has 5 nitrogen and oxygen atoms in total. The molecule has 0 aliphatic carbocycles. The van der Waals surface area contributed by atoms with Gasteiger partial charge in [-0.1, -0.05) is 53.7 Å². The number of aryl methyl sites for hydroxylation is 2. The summed E-state index contributed by atoms with van der Waals surface area (Å²) >= 11 is 2.71. The van der Waals surface area contributed by atoms with Gasteiger partial charge in [-0.15, -0.1) is 11.3 Å². The van der Waals surface area contributed by atoms with Crippen molar-refractivity contribution in [1.29, 1.82) is 0 Å². The highest BCUT2D eigenvalue weighted by Gasteiger charge is 2.17. The van der Waals surface area contributed by atoms with Crippen LogP contribution in [0.4, 0.5) is 5.69 Å². The Morgan fingerprint density at radius 1 is 1.12 bits per heavy atom. The van der Waals surface area contributed by atoms with Crippen LogP contribution in [0.15, 0.2) is 57.8 Å². The summed E-state index contributed by atoms with van der Waals surface area (Å²) in [5, 5.41) is 5.53. The highest BCUT2D eigenvalue weighted by atomic mass is 32.2. The highest BCUT2D eigenvalue weighted by molar-refractivity contribution is 7.99. The summed E-state index contributed by atoms with van der Waals surface area (Å²) < 4.78 is 2.29. The molecule has 1 amide bonds. The molecule has 0 atom stereocenters. The van der Waals surface area contributed by atoms with Gasteiger partial charge in [0, 0.05) is 23.2 Å². The van der Waals surface area contributed by atoms with Crippen LogP contribution in [0, 0.1) is 20.8 Å². The third kappa shape index (κ3) is 4.36. The molecule has 0 saturated heterocycles. The number of amides is 1. The molecule has 7 heteroatoms. The van der Waals surface area contributed by atoms with Crippen LogP contribution in [-0.4, -0.2) is 21.2 Å². The number of carbonyl (C=O) groups is 1. The summed E-state index contributed by atoms with van der Waals surface area (Å²) in [5.74, 6) is 0.0553. The smallest absolute Gasteiger partial charge is 0.272 e. The van der Waals surface area contributed by atoms with E-state index in [1.54, 1.807) is 4.57 Å². The Hall–Kier alpha value is -2.90. The Kier molecular flexibility index (Phi) is 6.48. The van der Waals surface area contributed by atoms with Crippen molar-refractivity contribution >= 4 is 44.9 Å². The topological polar surface area (TPSA) is 64.0 Å². The molecule has 0 bridgehead atoms. The van der Waals surface area contributed by atoms with Crippen molar-refractivity contribution in [2.75, 3.05) is 11.1 Å². The van der Waals surface area contributed by atoms with E-state index in [0.717, 1.165) is 27.9 Å². The molecular weight excluding hydrogens is 438 g/mol. The first kappa shape index (κ1) is 22.3. The van der Waals surface area contributed by atoms with Crippen LogP contribution in [0.3, 0.4) is 0 Å². The van der Waals surface area contributed by atoms with Crippen LogP contribution in [0.5, 0.6) is 0 Å². The van der Waals surface area contributed by atoms with Gasteiger partial charge in [-0.2, -0.15) is 0 Å². The van der Waals surface area contributed by atoms with Gasteiger partial charge in [0.25, 0.3) is 5.56 Å². The lowest BCUT2D eigenvalue weighted by Crippen LogP contribution is -2.23. The second-order valence-electron chi connectivity index (χ2n) is 7.72. The summed E-state index contributed by atoms with van der Waals surface area (Å²) in [7, 11) is 0. The Morgan fingerprint density at radius 2 is 1.88 bits per heavy atom. The average molecular weight is 464 g/mol. The number of thioether (sulfide) groups is 1. The normalized spacial score (nSPS) is 11.1. The van der Waals surface area contributed by atoms with Gasteiger partial charge in [0.1, 0.15) is 4.70 Å². The van der Waals surface area contributed by atoms with E-state index in [0.29, 0.717) is 21.9 Å². The number of nitrogens with one attached hydrogen (secondary N) is 1. The maximum atomic E-state index is 13.1.